The number of guanidine groups is 1. The van der Waals surface area contributed by atoms with E-state index in [2.05, 4.69) is 44.7 Å². The van der Waals surface area contributed by atoms with Gasteiger partial charge in [0.25, 0.3) is 0 Å². The average molecular weight is 451 g/mol. The van der Waals surface area contributed by atoms with E-state index in [4.69, 9.17) is 0 Å². The molecule has 2 rings (SSSR count). The standard InChI is InChI=1S/C14H21N5O2S.HI/c1-10(11-3-6-22-9-11)7-17-13(15-2)16-4-5-19-12(20)8-18-14(19)21;/h3,6,9-10H,4-5,7-8H2,1-2H3,(H,18,21)(H2,15,16,17);1H. The topological polar surface area (TPSA) is 85.8 Å². The second-order valence-electron chi connectivity index (χ2n) is 5.04. The number of amides is 3. The Balaban J connectivity index is 0.00000264. The van der Waals surface area contributed by atoms with Crippen LogP contribution >= 0.6 is 35.3 Å². The molecular weight excluding hydrogens is 429 g/mol. The monoisotopic (exact) mass is 451 g/mol. The van der Waals surface area contributed by atoms with Gasteiger partial charge in [-0.15, -0.1) is 24.0 Å². The van der Waals surface area contributed by atoms with Crippen molar-refractivity contribution in [1.29, 1.82) is 0 Å². The van der Waals surface area contributed by atoms with Crippen molar-refractivity contribution in [2.24, 2.45) is 4.99 Å². The van der Waals surface area contributed by atoms with E-state index < -0.39 is 0 Å². The van der Waals surface area contributed by atoms with Gasteiger partial charge in [-0.2, -0.15) is 11.3 Å². The molecule has 3 N–H and O–H groups in total. The van der Waals surface area contributed by atoms with Gasteiger partial charge < -0.3 is 16.0 Å². The average Bonchev–Trinajstić information content (AvgIpc) is 3.15. The Hall–Kier alpha value is -1.36. The Morgan fingerprint density at radius 3 is 2.83 bits per heavy atom. The molecule has 1 aromatic rings. The molecule has 1 unspecified atom stereocenters. The molecule has 9 heteroatoms. The van der Waals surface area contributed by atoms with Crippen molar-refractivity contribution < 1.29 is 9.59 Å². The van der Waals surface area contributed by atoms with Crippen LogP contribution in [0.4, 0.5) is 4.79 Å². The highest BCUT2D eigenvalue weighted by atomic mass is 127. The quantitative estimate of drug-likeness (QED) is 0.263. The molecular formula is C14H22IN5O2S. The number of imide groups is 1. The Morgan fingerprint density at radius 1 is 1.48 bits per heavy atom. The van der Waals surface area contributed by atoms with Gasteiger partial charge in [-0.05, 0) is 28.3 Å². The van der Waals surface area contributed by atoms with Crippen molar-refractivity contribution >= 4 is 53.2 Å². The highest BCUT2D eigenvalue weighted by Gasteiger charge is 2.27. The number of nitrogens with one attached hydrogen (secondary N) is 3. The maximum absolute atomic E-state index is 11.4. The summed E-state index contributed by atoms with van der Waals surface area (Å²) in [6.45, 7) is 3.79. The minimum atomic E-state index is -0.333. The van der Waals surface area contributed by atoms with E-state index in [0.717, 1.165) is 6.54 Å². The van der Waals surface area contributed by atoms with E-state index in [-0.39, 0.29) is 42.5 Å². The number of hydrogen-bond acceptors (Lipinski definition) is 4. The molecule has 0 saturated carbocycles. The van der Waals surface area contributed by atoms with Gasteiger partial charge in [-0.25, -0.2) is 4.79 Å². The number of rotatable bonds is 6. The molecule has 1 fully saturated rings. The summed E-state index contributed by atoms with van der Waals surface area (Å²) in [6.07, 6.45) is 0. The van der Waals surface area contributed by atoms with E-state index >= 15 is 0 Å². The van der Waals surface area contributed by atoms with E-state index in [9.17, 15) is 9.59 Å². The summed E-state index contributed by atoms with van der Waals surface area (Å²) in [5, 5.41) is 13.0. The maximum atomic E-state index is 11.4. The summed E-state index contributed by atoms with van der Waals surface area (Å²) >= 11 is 1.69. The van der Waals surface area contributed by atoms with Gasteiger partial charge in [0.15, 0.2) is 5.96 Å². The molecule has 0 bridgehead atoms. The smallest absolute Gasteiger partial charge is 0.324 e. The lowest BCUT2D eigenvalue weighted by Gasteiger charge is -2.17. The van der Waals surface area contributed by atoms with Crippen LogP contribution in [0.2, 0.25) is 0 Å². The van der Waals surface area contributed by atoms with Gasteiger partial charge >= 0.3 is 6.03 Å². The number of nitrogens with zero attached hydrogens (tertiary/aromatic N) is 2. The normalized spacial score (nSPS) is 15.9. The molecule has 3 amide bonds. The number of halogens is 1. The number of carbonyl (C=O) groups is 2. The zero-order valence-corrected chi connectivity index (χ0v) is 16.3. The summed E-state index contributed by atoms with van der Waals surface area (Å²) in [7, 11) is 1.69. The predicted octanol–water partition coefficient (Wildman–Crippen LogP) is 1.19. The van der Waals surface area contributed by atoms with Crippen molar-refractivity contribution in [2.75, 3.05) is 33.2 Å². The first kappa shape index (κ1) is 19.7. The summed E-state index contributed by atoms with van der Waals surface area (Å²) in [5.41, 5.74) is 1.30. The number of aliphatic imine (C=N–C) groups is 1. The van der Waals surface area contributed by atoms with E-state index in [1.54, 1.807) is 18.4 Å². The van der Waals surface area contributed by atoms with Crippen molar-refractivity contribution in [1.82, 2.24) is 20.9 Å². The zero-order chi connectivity index (χ0) is 15.9. The fourth-order valence-electron chi connectivity index (χ4n) is 2.11. The maximum Gasteiger partial charge on any atom is 0.324 e. The molecule has 1 atom stereocenters. The summed E-state index contributed by atoms with van der Waals surface area (Å²) < 4.78 is 0. The first-order valence-corrected chi connectivity index (χ1v) is 8.11. The molecule has 1 aliphatic rings. The lowest BCUT2D eigenvalue weighted by atomic mass is 10.1. The second kappa shape index (κ2) is 9.71. The Bertz CT molecular complexity index is 533. The van der Waals surface area contributed by atoms with Gasteiger partial charge in [0.2, 0.25) is 5.91 Å². The third-order valence-corrected chi connectivity index (χ3v) is 4.18. The second-order valence-corrected chi connectivity index (χ2v) is 5.82. The Kier molecular flexibility index (Phi) is 8.31. The van der Waals surface area contributed by atoms with Crippen LogP contribution in [0, 0.1) is 0 Å². The van der Waals surface area contributed by atoms with Crippen molar-refractivity contribution in [3.8, 4) is 0 Å². The number of thiophene rings is 1. The minimum Gasteiger partial charge on any atom is -0.356 e. The highest BCUT2D eigenvalue weighted by Crippen LogP contribution is 2.16. The number of hydrogen-bond donors (Lipinski definition) is 3. The molecule has 23 heavy (non-hydrogen) atoms. The molecule has 128 valence electrons. The molecule has 0 radical (unpaired) electrons. The fraction of sp³-hybridized carbons (Fsp3) is 0.500. The van der Waals surface area contributed by atoms with Crippen LogP contribution in [0.5, 0.6) is 0 Å². The van der Waals surface area contributed by atoms with Crippen molar-refractivity contribution in [3.63, 3.8) is 0 Å². The molecule has 1 aliphatic heterocycles. The van der Waals surface area contributed by atoms with Gasteiger partial charge in [-0.1, -0.05) is 6.92 Å². The van der Waals surface area contributed by atoms with Crippen LogP contribution in [0.25, 0.3) is 0 Å². The molecule has 1 saturated heterocycles. The first-order valence-electron chi connectivity index (χ1n) is 7.16. The Morgan fingerprint density at radius 2 is 2.26 bits per heavy atom. The SMILES string of the molecule is CN=C(NCCN1C(=O)CNC1=O)NCC(C)c1ccsc1.I. The van der Waals surface area contributed by atoms with Crippen LogP contribution in [0.3, 0.4) is 0 Å². The van der Waals surface area contributed by atoms with Crippen molar-refractivity contribution in [3.05, 3.63) is 22.4 Å². The molecule has 0 aromatic carbocycles. The summed E-state index contributed by atoms with van der Waals surface area (Å²) in [5.74, 6) is 0.852. The van der Waals surface area contributed by atoms with Crippen LogP contribution in [0.1, 0.15) is 18.4 Å². The van der Waals surface area contributed by atoms with Gasteiger partial charge in [0, 0.05) is 26.7 Å². The molecule has 0 aliphatic carbocycles. The molecule has 0 spiro atoms. The van der Waals surface area contributed by atoms with Crippen LogP contribution in [-0.4, -0.2) is 56.0 Å². The lowest BCUT2D eigenvalue weighted by Crippen LogP contribution is -2.44. The molecule has 7 nitrogen and oxygen atoms in total. The molecule has 2 heterocycles. The van der Waals surface area contributed by atoms with Crippen molar-refractivity contribution in [2.45, 2.75) is 12.8 Å². The minimum absolute atomic E-state index is 0. The van der Waals surface area contributed by atoms with E-state index in [0.29, 0.717) is 25.0 Å². The summed E-state index contributed by atoms with van der Waals surface area (Å²) in [4.78, 5) is 28.2. The predicted molar refractivity (Wildman–Crippen MR) is 103 cm³/mol. The Labute approximate surface area is 156 Å². The fourth-order valence-corrected chi connectivity index (χ4v) is 2.89. The third-order valence-electron chi connectivity index (χ3n) is 3.48. The van der Waals surface area contributed by atoms with Gasteiger partial charge in [0.1, 0.15) is 0 Å². The number of carbonyl (C=O) groups excluding carboxylic acids is 2. The third kappa shape index (κ3) is 5.65. The largest absolute Gasteiger partial charge is 0.356 e. The van der Waals surface area contributed by atoms with Crippen LogP contribution in [0.15, 0.2) is 21.8 Å². The number of urea groups is 1. The first-order chi connectivity index (χ1) is 10.6. The van der Waals surface area contributed by atoms with Gasteiger partial charge in [-0.3, -0.25) is 14.7 Å². The van der Waals surface area contributed by atoms with Gasteiger partial charge in [0.05, 0.1) is 6.54 Å². The molecule has 1 aromatic heterocycles. The summed E-state index contributed by atoms with van der Waals surface area (Å²) in [6, 6.07) is 1.78. The lowest BCUT2D eigenvalue weighted by molar-refractivity contribution is -0.124. The zero-order valence-electron chi connectivity index (χ0n) is 13.2. The van der Waals surface area contributed by atoms with Crippen LogP contribution in [-0.2, 0) is 4.79 Å². The van der Waals surface area contributed by atoms with E-state index in [1.807, 2.05) is 0 Å². The highest BCUT2D eigenvalue weighted by molar-refractivity contribution is 14.0. The van der Waals surface area contributed by atoms with Crippen LogP contribution < -0.4 is 16.0 Å². The van der Waals surface area contributed by atoms with E-state index in [1.165, 1.54) is 10.5 Å².